The molecule has 0 radical (unpaired) electrons. The van der Waals surface area contributed by atoms with Crippen LogP contribution in [0.15, 0.2) is 30.3 Å². The van der Waals surface area contributed by atoms with E-state index in [0.29, 0.717) is 64.6 Å². The summed E-state index contributed by atoms with van der Waals surface area (Å²) in [5.41, 5.74) is -0.439. The molecule has 3 amide bonds. The van der Waals surface area contributed by atoms with Crippen LogP contribution in [0.3, 0.4) is 0 Å². The van der Waals surface area contributed by atoms with E-state index in [2.05, 4.69) is 0 Å². The molecule has 3 saturated carbocycles. The van der Waals surface area contributed by atoms with Gasteiger partial charge in [-0.15, -0.1) is 0 Å². The van der Waals surface area contributed by atoms with Crippen molar-refractivity contribution in [1.29, 1.82) is 5.26 Å². The van der Waals surface area contributed by atoms with Crippen LogP contribution in [-0.4, -0.2) is 89.1 Å². The minimum atomic E-state index is -1.28. The molecule has 3 atom stereocenters. The number of carbonyl (C=O) groups is 4. The molecule has 5 fully saturated rings. The number of carbonyl (C=O) groups excluding carboxylic acids is 4. The summed E-state index contributed by atoms with van der Waals surface area (Å²) >= 11 is 0. The lowest BCUT2D eigenvalue weighted by Crippen LogP contribution is -2.63. The lowest BCUT2D eigenvalue weighted by molar-refractivity contribution is -0.159. The van der Waals surface area contributed by atoms with Gasteiger partial charge in [0.1, 0.15) is 25.4 Å². The number of fused-ring (bicyclic) bond motifs is 3. The van der Waals surface area contributed by atoms with Gasteiger partial charge in [-0.25, -0.2) is 9.18 Å². The third kappa shape index (κ3) is 6.34. The van der Waals surface area contributed by atoms with E-state index in [-0.39, 0.29) is 43.9 Å². The summed E-state index contributed by atoms with van der Waals surface area (Å²) in [5.74, 6) is -0.983. The Morgan fingerprint density at radius 2 is 1.74 bits per heavy atom. The number of rotatable bonds is 8. The summed E-state index contributed by atoms with van der Waals surface area (Å²) in [7, 11) is 0. The van der Waals surface area contributed by atoms with E-state index >= 15 is 0 Å². The first kappa shape index (κ1) is 30.8. The minimum absolute atomic E-state index is 0.0377. The highest BCUT2D eigenvalue weighted by Crippen LogP contribution is 2.56. The van der Waals surface area contributed by atoms with Crippen LogP contribution in [0.2, 0.25) is 0 Å². The predicted molar refractivity (Wildman–Crippen MR) is 153 cm³/mol. The molecular formula is C32H41FN4O6. The standard InChI is InChI=1S/C32H41FN4O6/c1-2-42-28(39)24-9-6-16-35(19-24)29(40)31-10-13-32(14-11-31,15-12-31)37(30(41)43-22-23-7-4-3-5-8-23)21-27(38)36-20-25(33)17-26(36)18-34/h3-5,7-8,24-26H,2,6,9-17,19-22H2,1H3. The van der Waals surface area contributed by atoms with Gasteiger partial charge in [0.2, 0.25) is 11.8 Å². The average molecular weight is 597 g/mol. The molecule has 2 saturated heterocycles. The molecule has 3 aliphatic carbocycles. The minimum Gasteiger partial charge on any atom is -0.466 e. The third-order valence-corrected chi connectivity index (χ3v) is 10.00. The molecule has 0 N–H and O–H groups in total. The summed E-state index contributed by atoms with van der Waals surface area (Å²) in [6.45, 7) is 2.62. The fourth-order valence-corrected chi connectivity index (χ4v) is 7.47. The monoisotopic (exact) mass is 596 g/mol. The number of esters is 1. The number of nitriles is 1. The molecule has 5 aliphatic rings. The molecule has 1 aromatic carbocycles. The van der Waals surface area contributed by atoms with Crippen LogP contribution in [0.25, 0.3) is 0 Å². The van der Waals surface area contributed by atoms with Gasteiger partial charge in [-0.3, -0.25) is 19.3 Å². The van der Waals surface area contributed by atoms with Gasteiger partial charge in [-0.05, 0) is 63.9 Å². The number of piperidine rings is 1. The van der Waals surface area contributed by atoms with Crippen LogP contribution in [0.4, 0.5) is 9.18 Å². The van der Waals surface area contributed by atoms with Gasteiger partial charge < -0.3 is 19.3 Å². The van der Waals surface area contributed by atoms with Crippen LogP contribution >= 0.6 is 0 Å². The highest BCUT2D eigenvalue weighted by Gasteiger charge is 2.57. The molecule has 0 aromatic heterocycles. The van der Waals surface area contributed by atoms with Crippen molar-refractivity contribution in [2.24, 2.45) is 11.3 Å². The molecule has 3 unspecified atom stereocenters. The second-order valence-corrected chi connectivity index (χ2v) is 12.5. The lowest BCUT2D eigenvalue weighted by atomic mass is 9.56. The summed E-state index contributed by atoms with van der Waals surface area (Å²) in [5, 5.41) is 9.49. The Morgan fingerprint density at radius 1 is 1.05 bits per heavy atom. The number of halogens is 1. The smallest absolute Gasteiger partial charge is 0.411 e. The number of hydrogen-bond donors (Lipinski definition) is 0. The zero-order valence-electron chi connectivity index (χ0n) is 24.8. The normalized spacial score (nSPS) is 29.9. The topological polar surface area (TPSA) is 120 Å². The Kier molecular flexibility index (Phi) is 9.23. The highest BCUT2D eigenvalue weighted by molar-refractivity contribution is 5.85. The van der Waals surface area contributed by atoms with Crippen LogP contribution < -0.4 is 0 Å². The maximum Gasteiger partial charge on any atom is 0.411 e. The van der Waals surface area contributed by atoms with E-state index < -0.39 is 35.2 Å². The van der Waals surface area contributed by atoms with Gasteiger partial charge in [0.05, 0.1) is 25.1 Å². The fourth-order valence-electron chi connectivity index (χ4n) is 7.47. The van der Waals surface area contributed by atoms with Crippen molar-refractivity contribution in [3.63, 3.8) is 0 Å². The van der Waals surface area contributed by atoms with Gasteiger partial charge in [0.15, 0.2) is 0 Å². The molecular weight excluding hydrogens is 555 g/mol. The quantitative estimate of drug-likeness (QED) is 0.416. The van der Waals surface area contributed by atoms with E-state index in [0.717, 1.165) is 12.0 Å². The SMILES string of the molecule is CCOC(=O)C1CCCN(C(=O)C23CCC(N(CC(=O)N4CC(F)CC4C#N)C(=O)OCc4ccccc4)(CC2)CC3)C1. The first-order valence-corrected chi connectivity index (χ1v) is 15.5. The van der Waals surface area contributed by atoms with E-state index in [1.165, 1.54) is 9.80 Å². The zero-order chi connectivity index (χ0) is 30.6. The largest absolute Gasteiger partial charge is 0.466 e. The first-order chi connectivity index (χ1) is 20.7. The predicted octanol–water partition coefficient (Wildman–Crippen LogP) is 3.98. The summed E-state index contributed by atoms with van der Waals surface area (Å²) < 4.78 is 25.1. The number of nitrogens with zero attached hydrogens (tertiary/aromatic N) is 4. The van der Waals surface area contributed by atoms with Crippen molar-refractivity contribution in [2.45, 2.75) is 89.1 Å². The van der Waals surface area contributed by atoms with Crippen molar-refractivity contribution in [1.82, 2.24) is 14.7 Å². The number of ether oxygens (including phenoxy) is 2. The van der Waals surface area contributed by atoms with Crippen molar-refractivity contribution in [2.75, 3.05) is 32.8 Å². The molecule has 6 rings (SSSR count). The third-order valence-electron chi connectivity index (χ3n) is 10.00. The van der Waals surface area contributed by atoms with Crippen LogP contribution in [0.1, 0.15) is 70.3 Å². The van der Waals surface area contributed by atoms with E-state index in [4.69, 9.17) is 9.47 Å². The number of hydrogen-bond acceptors (Lipinski definition) is 7. The van der Waals surface area contributed by atoms with Crippen LogP contribution in [-0.2, 0) is 30.5 Å². The Balaban J connectivity index is 1.30. The summed E-state index contributed by atoms with van der Waals surface area (Å²) in [4.78, 5) is 57.9. The molecule has 43 heavy (non-hydrogen) atoms. The Bertz CT molecular complexity index is 1230. The van der Waals surface area contributed by atoms with Crippen molar-refractivity contribution >= 4 is 23.9 Å². The maximum atomic E-state index is 14.1. The molecule has 2 aliphatic heterocycles. The Labute approximate surface area is 252 Å². The summed E-state index contributed by atoms with van der Waals surface area (Å²) in [6.07, 6.45) is 2.75. The Morgan fingerprint density at radius 3 is 2.40 bits per heavy atom. The van der Waals surface area contributed by atoms with Gasteiger partial charge in [-0.2, -0.15) is 5.26 Å². The molecule has 2 bridgehead atoms. The maximum absolute atomic E-state index is 14.1. The number of amides is 3. The second-order valence-electron chi connectivity index (χ2n) is 12.5. The van der Waals surface area contributed by atoms with E-state index in [9.17, 15) is 28.8 Å². The van der Waals surface area contributed by atoms with Gasteiger partial charge in [0.25, 0.3) is 0 Å². The van der Waals surface area contributed by atoms with Crippen molar-refractivity contribution < 1.29 is 33.0 Å². The Hall–Kier alpha value is -3.68. The van der Waals surface area contributed by atoms with Crippen molar-refractivity contribution in [3.05, 3.63) is 35.9 Å². The zero-order valence-corrected chi connectivity index (χ0v) is 24.8. The summed E-state index contributed by atoms with van der Waals surface area (Å²) in [6, 6.07) is 10.4. The highest BCUT2D eigenvalue weighted by atomic mass is 19.1. The fraction of sp³-hybridized carbons (Fsp3) is 0.656. The molecule has 0 spiro atoms. The van der Waals surface area contributed by atoms with Crippen LogP contribution in [0, 0.1) is 22.7 Å². The van der Waals surface area contributed by atoms with Gasteiger partial charge in [0, 0.05) is 30.5 Å². The number of benzene rings is 1. The van der Waals surface area contributed by atoms with E-state index in [1.54, 1.807) is 6.92 Å². The lowest BCUT2D eigenvalue weighted by Gasteiger charge is -2.57. The van der Waals surface area contributed by atoms with Gasteiger partial charge >= 0.3 is 12.1 Å². The van der Waals surface area contributed by atoms with E-state index in [1.807, 2.05) is 41.3 Å². The van der Waals surface area contributed by atoms with Crippen LogP contribution in [0.5, 0.6) is 0 Å². The van der Waals surface area contributed by atoms with Gasteiger partial charge in [-0.1, -0.05) is 30.3 Å². The average Bonchev–Trinajstić information content (AvgIpc) is 3.44. The van der Waals surface area contributed by atoms with Crippen molar-refractivity contribution in [3.8, 4) is 6.07 Å². The first-order valence-electron chi connectivity index (χ1n) is 15.5. The second kappa shape index (κ2) is 12.9. The molecule has 1 aromatic rings. The molecule has 2 heterocycles. The molecule has 11 heteroatoms. The molecule has 10 nitrogen and oxygen atoms in total. The number of likely N-dealkylation sites (tertiary alicyclic amines) is 2. The molecule has 232 valence electrons. The number of alkyl halides is 1.